The number of H-pyrrole nitrogens is 1. The van der Waals surface area contributed by atoms with E-state index in [1.165, 1.54) is 0 Å². The summed E-state index contributed by atoms with van der Waals surface area (Å²) in [5.74, 6) is -0.151. The Balaban J connectivity index is 2.15. The number of aromatic nitrogens is 4. The van der Waals surface area contributed by atoms with E-state index < -0.39 is 0 Å². The van der Waals surface area contributed by atoms with E-state index in [4.69, 9.17) is 5.73 Å². The Bertz CT molecular complexity index is 610. The molecular weight excluding hydrogens is 256 g/mol. The molecule has 108 valence electrons. The number of amides is 1. The van der Waals surface area contributed by atoms with Gasteiger partial charge in [-0.3, -0.25) is 14.6 Å². The molecule has 0 aliphatic heterocycles. The molecule has 2 aromatic heterocycles. The average molecular weight is 276 g/mol. The van der Waals surface area contributed by atoms with Crippen LogP contribution in [0.4, 0.5) is 11.4 Å². The van der Waals surface area contributed by atoms with Gasteiger partial charge in [0.25, 0.3) is 5.91 Å². The molecule has 0 radical (unpaired) electrons. The third kappa shape index (κ3) is 2.66. The normalized spacial score (nSPS) is 11.3. The molecule has 0 unspecified atom stereocenters. The fourth-order valence-corrected chi connectivity index (χ4v) is 1.85. The second kappa shape index (κ2) is 5.36. The molecule has 2 rings (SSSR count). The van der Waals surface area contributed by atoms with Gasteiger partial charge in [0, 0.05) is 12.2 Å². The van der Waals surface area contributed by atoms with Gasteiger partial charge in [0.2, 0.25) is 0 Å². The Morgan fingerprint density at radius 3 is 2.60 bits per heavy atom. The van der Waals surface area contributed by atoms with Crippen molar-refractivity contribution in [2.45, 2.75) is 39.7 Å². The van der Waals surface area contributed by atoms with Gasteiger partial charge in [-0.05, 0) is 19.8 Å². The number of nitrogens with two attached hydrogens (primary N) is 1. The molecule has 2 aromatic rings. The van der Waals surface area contributed by atoms with Crippen LogP contribution in [0.1, 0.15) is 55.8 Å². The maximum Gasteiger partial charge on any atom is 0.278 e. The number of carbonyl (C=O) groups excluding carboxylic acids is 1. The highest BCUT2D eigenvalue weighted by Crippen LogP contribution is 2.22. The minimum absolute atomic E-state index is 0.188. The first-order chi connectivity index (χ1) is 9.40. The zero-order chi connectivity index (χ0) is 14.9. The molecule has 0 saturated heterocycles. The SMILES string of the molecule is CC(C)c1[nH]nc(C(=O)Nc2cnn(C(C)C)c2)c1N. The second-order valence-electron chi connectivity index (χ2n) is 5.31. The van der Waals surface area contributed by atoms with Crippen molar-refractivity contribution in [1.29, 1.82) is 0 Å². The van der Waals surface area contributed by atoms with Crippen LogP contribution in [0, 0.1) is 0 Å². The molecule has 0 aliphatic carbocycles. The lowest BCUT2D eigenvalue weighted by Crippen LogP contribution is -2.14. The summed E-state index contributed by atoms with van der Waals surface area (Å²) >= 11 is 0. The van der Waals surface area contributed by atoms with Crippen LogP contribution in [0.25, 0.3) is 0 Å². The second-order valence-corrected chi connectivity index (χ2v) is 5.31. The summed E-state index contributed by atoms with van der Waals surface area (Å²) in [7, 11) is 0. The molecule has 4 N–H and O–H groups in total. The largest absolute Gasteiger partial charge is 0.395 e. The van der Waals surface area contributed by atoms with Crippen LogP contribution in [0.15, 0.2) is 12.4 Å². The van der Waals surface area contributed by atoms with Gasteiger partial charge in [0.05, 0.1) is 23.3 Å². The molecule has 2 heterocycles. The van der Waals surface area contributed by atoms with E-state index in [2.05, 4.69) is 20.6 Å². The molecule has 0 bridgehead atoms. The molecule has 1 amide bonds. The van der Waals surface area contributed by atoms with Crippen LogP contribution in [0.3, 0.4) is 0 Å². The van der Waals surface area contributed by atoms with Crippen molar-refractivity contribution in [3.63, 3.8) is 0 Å². The van der Waals surface area contributed by atoms with Crippen molar-refractivity contribution in [2.24, 2.45) is 0 Å². The molecule has 7 heteroatoms. The lowest BCUT2D eigenvalue weighted by molar-refractivity contribution is 0.102. The van der Waals surface area contributed by atoms with Crippen LogP contribution >= 0.6 is 0 Å². The Hall–Kier alpha value is -2.31. The van der Waals surface area contributed by atoms with Crippen molar-refractivity contribution < 1.29 is 4.79 Å². The maximum absolute atomic E-state index is 12.1. The highest BCUT2D eigenvalue weighted by molar-refractivity contribution is 6.06. The number of hydrogen-bond acceptors (Lipinski definition) is 4. The highest BCUT2D eigenvalue weighted by atomic mass is 16.2. The van der Waals surface area contributed by atoms with Gasteiger partial charge in [0.15, 0.2) is 5.69 Å². The standard InChI is InChI=1S/C13H20N6O/c1-7(2)11-10(14)12(18-17-11)13(20)16-9-5-15-19(6-9)8(3)4/h5-8H,14H2,1-4H3,(H,16,20)(H,17,18). The first kappa shape index (κ1) is 14.1. The van der Waals surface area contributed by atoms with E-state index in [0.29, 0.717) is 11.4 Å². The minimum Gasteiger partial charge on any atom is -0.395 e. The maximum atomic E-state index is 12.1. The van der Waals surface area contributed by atoms with Crippen LogP contribution in [0.5, 0.6) is 0 Å². The third-order valence-corrected chi connectivity index (χ3v) is 3.01. The van der Waals surface area contributed by atoms with Gasteiger partial charge in [-0.25, -0.2) is 0 Å². The number of aromatic amines is 1. The number of rotatable bonds is 4. The van der Waals surface area contributed by atoms with E-state index in [9.17, 15) is 4.79 Å². The lowest BCUT2D eigenvalue weighted by Gasteiger charge is -2.04. The lowest BCUT2D eigenvalue weighted by atomic mass is 10.1. The van der Waals surface area contributed by atoms with Gasteiger partial charge in [-0.2, -0.15) is 10.2 Å². The summed E-state index contributed by atoms with van der Waals surface area (Å²) in [6.45, 7) is 7.99. The number of nitrogens with one attached hydrogen (secondary N) is 2. The summed E-state index contributed by atoms with van der Waals surface area (Å²) < 4.78 is 1.77. The number of nitrogens with zero attached hydrogens (tertiary/aromatic N) is 3. The van der Waals surface area contributed by atoms with Crippen molar-refractivity contribution in [3.8, 4) is 0 Å². The summed E-state index contributed by atoms with van der Waals surface area (Å²) in [4.78, 5) is 12.1. The Morgan fingerprint density at radius 2 is 2.10 bits per heavy atom. The van der Waals surface area contributed by atoms with Crippen molar-refractivity contribution >= 4 is 17.3 Å². The number of hydrogen-bond donors (Lipinski definition) is 3. The molecule has 7 nitrogen and oxygen atoms in total. The smallest absolute Gasteiger partial charge is 0.278 e. The first-order valence-corrected chi connectivity index (χ1v) is 6.59. The molecule has 0 spiro atoms. The molecule has 20 heavy (non-hydrogen) atoms. The summed E-state index contributed by atoms with van der Waals surface area (Å²) in [6.07, 6.45) is 3.37. The summed E-state index contributed by atoms with van der Waals surface area (Å²) in [5.41, 5.74) is 7.94. The molecular formula is C13H20N6O. The number of carbonyl (C=O) groups is 1. The van der Waals surface area contributed by atoms with Crippen LogP contribution in [0.2, 0.25) is 0 Å². The third-order valence-electron chi connectivity index (χ3n) is 3.01. The van der Waals surface area contributed by atoms with Gasteiger partial charge in [-0.1, -0.05) is 13.8 Å². The molecule has 0 saturated carbocycles. The van der Waals surface area contributed by atoms with Crippen LogP contribution in [-0.2, 0) is 0 Å². The zero-order valence-corrected chi connectivity index (χ0v) is 12.1. The summed E-state index contributed by atoms with van der Waals surface area (Å²) in [6, 6.07) is 0.239. The Labute approximate surface area is 117 Å². The van der Waals surface area contributed by atoms with E-state index in [1.807, 2.05) is 27.7 Å². The molecule has 0 aliphatic rings. The van der Waals surface area contributed by atoms with E-state index >= 15 is 0 Å². The fourth-order valence-electron chi connectivity index (χ4n) is 1.85. The molecule has 0 fully saturated rings. The van der Waals surface area contributed by atoms with E-state index in [0.717, 1.165) is 5.69 Å². The number of nitrogen functional groups attached to an aromatic ring is 1. The van der Waals surface area contributed by atoms with E-state index in [1.54, 1.807) is 17.1 Å². The van der Waals surface area contributed by atoms with Gasteiger partial charge in [-0.15, -0.1) is 0 Å². The van der Waals surface area contributed by atoms with Crippen molar-refractivity contribution in [1.82, 2.24) is 20.0 Å². The predicted molar refractivity (Wildman–Crippen MR) is 77.7 cm³/mol. The predicted octanol–water partition coefficient (Wildman–Crippen LogP) is 2.15. The van der Waals surface area contributed by atoms with Gasteiger partial charge < -0.3 is 11.1 Å². The zero-order valence-electron chi connectivity index (χ0n) is 12.1. The molecule has 0 aromatic carbocycles. The fraction of sp³-hybridized carbons (Fsp3) is 0.462. The monoisotopic (exact) mass is 276 g/mol. The van der Waals surface area contributed by atoms with Crippen molar-refractivity contribution in [2.75, 3.05) is 11.1 Å². The Morgan fingerprint density at radius 1 is 1.40 bits per heavy atom. The van der Waals surface area contributed by atoms with Crippen molar-refractivity contribution in [3.05, 3.63) is 23.8 Å². The van der Waals surface area contributed by atoms with Crippen LogP contribution in [-0.4, -0.2) is 25.9 Å². The summed E-state index contributed by atoms with van der Waals surface area (Å²) in [5, 5.41) is 13.7. The Kier molecular flexibility index (Phi) is 3.78. The quantitative estimate of drug-likeness (QED) is 0.796. The van der Waals surface area contributed by atoms with Gasteiger partial charge in [0.1, 0.15) is 0 Å². The van der Waals surface area contributed by atoms with Crippen LogP contribution < -0.4 is 11.1 Å². The van der Waals surface area contributed by atoms with Gasteiger partial charge >= 0.3 is 0 Å². The highest BCUT2D eigenvalue weighted by Gasteiger charge is 2.19. The van der Waals surface area contributed by atoms with E-state index in [-0.39, 0.29) is 23.6 Å². The minimum atomic E-state index is -0.339. The molecule has 0 atom stereocenters. The average Bonchev–Trinajstić information content (AvgIpc) is 2.95. The number of anilines is 2. The topological polar surface area (TPSA) is 102 Å². The first-order valence-electron chi connectivity index (χ1n) is 6.59.